The van der Waals surface area contributed by atoms with Gasteiger partial charge in [0.05, 0.1) is 24.5 Å². The number of benzene rings is 1. The van der Waals surface area contributed by atoms with E-state index >= 15 is 0 Å². The molecule has 1 aliphatic rings. The van der Waals surface area contributed by atoms with Crippen LogP contribution < -0.4 is 4.90 Å². The van der Waals surface area contributed by atoms with E-state index in [1.807, 2.05) is 4.90 Å². The van der Waals surface area contributed by atoms with Crippen LogP contribution >= 0.6 is 0 Å². The van der Waals surface area contributed by atoms with Crippen molar-refractivity contribution in [2.24, 2.45) is 0 Å². The topological polar surface area (TPSA) is 49.8 Å². The minimum Gasteiger partial charge on any atom is -0.478 e. The number of hydrogen-bond donors (Lipinski definition) is 1. The summed E-state index contributed by atoms with van der Waals surface area (Å²) in [5.41, 5.74) is 0.555. The van der Waals surface area contributed by atoms with Crippen molar-refractivity contribution in [1.29, 1.82) is 0 Å². The molecule has 0 aromatic heterocycles. The van der Waals surface area contributed by atoms with Crippen molar-refractivity contribution in [3.05, 3.63) is 29.6 Å². The minimum absolute atomic E-state index is 0.00176. The van der Waals surface area contributed by atoms with Gasteiger partial charge in [-0.15, -0.1) is 0 Å². The van der Waals surface area contributed by atoms with Gasteiger partial charge in [0.15, 0.2) is 0 Å². The highest BCUT2D eigenvalue weighted by Crippen LogP contribution is 2.22. The van der Waals surface area contributed by atoms with Crippen molar-refractivity contribution in [3.63, 3.8) is 0 Å². The fraction of sp³-hybridized carbons (Fsp3) is 0.364. The number of aromatic carboxylic acids is 1. The summed E-state index contributed by atoms with van der Waals surface area (Å²) in [7, 11) is 0. The molecule has 0 atom stereocenters. The van der Waals surface area contributed by atoms with Gasteiger partial charge in [-0.3, -0.25) is 0 Å². The first-order valence-electron chi connectivity index (χ1n) is 5.04. The van der Waals surface area contributed by atoms with Crippen molar-refractivity contribution in [3.8, 4) is 0 Å². The molecule has 1 fully saturated rings. The van der Waals surface area contributed by atoms with Crippen molar-refractivity contribution in [1.82, 2.24) is 0 Å². The Balaban J connectivity index is 2.34. The second-order valence-electron chi connectivity index (χ2n) is 3.57. The molecule has 1 aromatic rings. The predicted octanol–water partition coefficient (Wildman–Crippen LogP) is 1.36. The zero-order valence-electron chi connectivity index (χ0n) is 8.65. The van der Waals surface area contributed by atoms with Crippen LogP contribution in [0.4, 0.5) is 10.1 Å². The Labute approximate surface area is 92.2 Å². The first kappa shape index (κ1) is 10.9. The molecule has 2 rings (SSSR count). The molecule has 86 valence electrons. The second kappa shape index (κ2) is 4.49. The van der Waals surface area contributed by atoms with Gasteiger partial charge in [0.25, 0.3) is 0 Å². The van der Waals surface area contributed by atoms with Crippen LogP contribution in [-0.4, -0.2) is 37.4 Å². The van der Waals surface area contributed by atoms with Crippen LogP contribution in [0.25, 0.3) is 0 Å². The average molecular weight is 225 g/mol. The Morgan fingerprint density at radius 2 is 2.06 bits per heavy atom. The molecule has 0 radical (unpaired) electrons. The summed E-state index contributed by atoms with van der Waals surface area (Å²) >= 11 is 0. The van der Waals surface area contributed by atoms with E-state index in [9.17, 15) is 9.18 Å². The first-order valence-corrected chi connectivity index (χ1v) is 5.04. The number of carboxylic acid groups (broad SMARTS) is 1. The van der Waals surface area contributed by atoms with E-state index in [1.54, 1.807) is 0 Å². The van der Waals surface area contributed by atoms with Gasteiger partial charge in [-0.1, -0.05) is 0 Å². The molecule has 0 aliphatic carbocycles. The fourth-order valence-electron chi connectivity index (χ4n) is 1.76. The summed E-state index contributed by atoms with van der Waals surface area (Å²) in [6, 6.07) is 3.83. The number of halogens is 1. The maximum absolute atomic E-state index is 13.0. The normalized spacial score (nSPS) is 16.2. The quantitative estimate of drug-likeness (QED) is 0.825. The molecule has 1 N–H and O–H groups in total. The van der Waals surface area contributed by atoms with E-state index in [4.69, 9.17) is 9.84 Å². The maximum atomic E-state index is 13.0. The molecule has 1 heterocycles. The van der Waals surface area contributed by atoms with Crippen molar-refractivity contribution >= 4 is 11.7 Å². The van der Waals surface area contributed by atoms with Gasteiger partial charge in [-0.25, -0.2) is 9.18 Å². The number of ether oxygens (including phenoxy) is 1. The van der Waals surface area contributed by atoms with Crippen LogP contribution in [0.2, 0.25) is 0 Å². The third-order valence-electron chi connectivity index (χ3n) is 2.54. The number of rotatable bonds is 2. The zero-order valence-corrected chi connectivity index (χ0v) is 8.65. The third-order valence-corrected chi connectivity index (χ3v) is 2.54. The molecule has 16 heavy (non-hydrogen) atoms. The standard InChI is InChI=1S/C11H12FNO3/c12-8-1-2-10(9(7-8)11(14)15)13-3-5-16-6-4-13/h1-2,7H,3-6H2,(H,14,15). The molecule has 0 amide bonds. The molecule has 0 unspecified atom stereocenters. The lowest BCUT2D eigenvalue weighted by molar-refractivity contribution is 0.0695. The Kier molecular flexibility index (Phi) is 3.05. The Morgan fingerprint density at radius 3 is 2.69 bits per heavy atom. The number of carboxylic acids is 1. The summed E-state index contributed by atoms with van der Waals surface area (Å²) in [6.45, 7) is 2.39. The van der Waals surface area contributed by atoms with Crippen LogP contribution in [0.15, 0.2) is 18.2 Å². The van der Waals surface area contributed by atoms with Crippen LogP contribution in [0.5, 0.6) is 0 Å². The fourth-order valence-corrected chi connectivity index (χ4v) is 1.76. The molecule has 4 nitrogen and oxygen atoms in total. The number of morpholine rings is 1. The van der Waals surface area contributed by atoms with Crippen LogP contribution in [0, 0.1) is 5.82 Å². The van der Waals surface area contributed by atoms with Crippen LogP contribution in [-0.2, 0) is 4.74 Å². The lowest BCUT2D eigenvalue weighted by Crippen LogP contribution is -2.37. The highest BCUT2D eigenvalue weighted by atomic mass is 19.1. The number of carbonyl (C=O) groups is 1. The van der Waals surface area contributed by atoms with Gasteiger partial charge >= 0.3 is 5.97 Å². The van der Waals surface area contributed by atoms with Crippen LogP contribution in [0.1, 0.15) is 10.4 Å². The highest BCUT2D eigenvalue weighted by molar-refractivity contribution is 5.94. The first-order chi connectivity index (χ1) is 7.68. The number of nitrogens with zero attached hydrogens (tertiary/aromatic N) is 1. The largest absolute Gasteiger partial charge is 0.478 e. The molecule has 1 aromatic carbocycles. The van der Waals surface area contributed by atoms with E-state index in [-0.39, 0.29) is 5.56 Å². The SMILES string of the molecule is O=C(O)c1cc(F)ccc1N1CCOCC1. The molecule has 0 saturated carbocycles. The molecule has 1 saturated heterocycles. The lowest BCUT2D eigenvalue weighted by atomic mass is 10.1. The lowest BCUT2D eigenvalue weighted by Gasteiger charge is -2.29. The van der Waals surface area contributed by atoms with Gasteiger partial charge in [-0.2, -0.15) is 0 Å². The van der Waals surface area contributed by atoms with Crippen molar-refractivity contribution < 1.29 is 19.0 Å². The smallest absolute Gasteiger partial charge is 0.337 e. The van der Waals surface area contributed by atoms with E-state index in [2.05, 4.69) is 0 Å². The average Bonchev–Trinajstić information content (AvgIpc) is 2.30. The van der Waals surface area contributed by atoms with Gasteiger partial charge in [0.2, 0.25) is 0 Å². The maximum Gasteiger partial charge on any atom is 0.337 e. The molecule has 0 bridgehead atoms. The van der Waals surface area contributed by atoms with E-state index < -0.39 is 11.8 Å². The molecule has 0 spiro atoms. The number of hydrogen-bond acceptors (Lipinski definition) is 3. The number of anilines is 1. The third kappa shape index (κ3) is 2.14. The van der Waals surface area contributed by atoms with Gasteiger partial charge < -0.3 is 14.7 Å². The monoisotopic (exact) mass is 225 g/mol. The van der Waals surface area contributed by atoms with Gasteiger partial charge in [-0.05, 0) is 18.2 Å². The Hall–Kier alpha value is -1.62. The summed E-state index contributed by atoms with van der Waals surface area (Å²) in [5.74, 6) is -1.64. The van der Waals surface area contributed by atoms with E-state index in [0.717, 1.165) is 6.07 Å². The van der Waals surface area contributed by atoms with Gasteiger partial charge in [0.1, 0.15) is 5.82 Å². The summed E-state index contributed by atoms with van der Waals surface area (Å²) in [4.78, 5) is 12.9. The van der Waals surface area contributed by atoms with Gasteiger partial charge in [0, 0.05) is 13.1 Å². The zero-order chi connectivity index (χ0) is 11.5. The molecule has 5 heteroatoms. The van der Waals surface area contributed by atoms with Crippen molar-refractivity contribution in [2.45, 2.75) is 0 Å². The molecular weight excluding hydrogens is 213 g/mol. The van der Waals surface area contributed by atoms with E-state index in [1.165, 1.54) is 12.1 Å². The highest BCUT2D eigenvalue weighted by Gasteiger charge is 2.18. The molecular formula is C11H12FNO3. The van der Waals surface area contributed by atoms with Crippen molar-refractivity contribution in [2.75, 3.05) is 31.2 Å². The van der Waals surface area contributed by atoms with Crippen LogP contribution in [0.3, 0.4) is 0 Å². The summed E-state index contributed by atoms with van der Waals surface area (Å²) in [6.07, 6.45) is 0. The summed E-state index contributed by atoms with van der Waals surface area (Å²) < 4.78 is 18.2. The predicted molar refractivity (Wildman–Crippen MR) is 56.4 cm³/mol. The summed E-state index contributed by atoms with van der Waals surface area (Å²) in [5, 5.41) is 9.00. The second-order valence-corrected chi connectivity index (χ2v) is 3.57. The Bertz CT molecular complexity index is 402. The van der Waals surface area contributed by atoms with E-state index in [0.29, 0.717) is 32.0 Å². The minimum atomic E-state index is -1.11. The molecule has 1 aliphatic heterocycles. The Morgan fingerprint density at radius 1 is 1.38 bits per heavy atom.